The van der Waals surface area contributed by atoms with Gasteiger partial charge in [0, 0.05) is 42.3 Å². The van der Waals surface area contributed by atoms with E-state index in [0.717, 1.165) is 49.3 Å². The Hall–Kier alpha value is -1.81. The Labute approximate surface area is 156 Å². The zero-order chi connectivity index (χ0) is 18.2. The van der Waals surface area contributed by atoms with Gasteiger partial charge in [-0.2, -0.15) is 5.26 Å². The fourth-order valence-corrected chi connectivity index (χ4v) is 3.82. The van der Waals surface area contributed by atoms with E-state index in [0.29, 0.717) is 5.56 Å². The van der Waals surface area contributed by atoms with Gasteiger partial charge in [-0.25, -0.2) is 9.78 Å². The minimum absolute atomic E-state index is 0.222. The Kier molecular flexibility index (Phi) is 4.67. The maximum absolute atomic E-state index is 12.2. The van der Waals surface area contributed by atoms with Crippen molar-refractivity contribution >= 4 is 27.8 Å². The lowest BCUT2D eigenvalue weighted by atomic mass is 9.72. The van der Waals surface area contributed by atoms with Crippen LogP contribution in [0.15, 0.2) is 16.7 Å². The number of nitriles is 1. The molecule has 6 nitrogen and oxygen atoms in total. The molecule has 0 bridgehead atoms. The third kappa shape index (κ3) is 3.90. The summed E-state index contributed by atoms with van der Waals surface area (Å²) in [7, 11) is 0. The maximum atomic E-state index is 12.2. The lowest BCUT2D eigenvalue weighted by molar-refractivity contribution is 0.00590. The first kappa shape index (κ1) is 18.0. The molecule has 0 N–H and O–H groups in total. The van der Waals surface area contributed by atoms with Crippen molar-refractivity contribution < 1.29 is 9.53 Å². The highest BCUT2D eigenvalue weighted by molar-refractivity contribution is 9.10. The van der Waals surface area contributed by atoms with Gasteiger partial charge in [-0.3, -0.25) is 0 Å². The van der Waals surface area contributed by atoms with Gasteiger partial charge in [-0.15, -0.1) is 0 Å². The van der Waals surface area contributed by atoms with Gasteiger partial charge in [-0.05, 0) is 55.6 Å². The van der Waals surface area contributed by atoms with E-state index >= 15 is 0 Å². The Morgan fingerprint density at radius 2 is 2.00 bits per heavy atom. The molecule has 2 aliphatic heterocycles. The summed E-state index contributed by atoms with van der Waals surface area (Å²) in [6, 6.07) is 4.02. The molecule has 1 amide bonds. The number of halogens is 1. The van der Waals surface area contributed by atoms with Gasteiger partial charge in [-0.1, -0.05) is 0 Å². The molecule has 1 spiro atoms. The molecule has 0 unspecified atom stereocenters. The Morgan fingerprint density at radius 3 is 2.56 bits per heavy atom. The normalized spacial score (nSPS) is 19.3. The van der Waals surface area contributed by atoms with Crippen molar-refractivity contribution in [2.24, 2.45) is 5.41 Å². The van der Waals surface area contributed by atoms with Crippen molar-refractivity contribution in [2.75, 3.05) is 31.1 Å². The zero-order valence-electron chi connectivity index (χ0n) is 14.9. The predicted molar refractivity (Wildman–Crippen MR) is 98.3 cm³/mol. The summed E-state index contributed by atoms with van der Waals surface area (Å²) in [6.45, 7) is 8.88. The minimum Gasteiger partial charge on any atom is -0.444 e. The number of rotatable bonds is 1. The van der Waals surface area contributed by atoms with E-state index in [-0.39, 0.29) is 11.5 Å². The smallest absolute Gasteiger partial charge is 0.410 e. The van der Waals surface area contributed by atoms with Crippen LogP contribution >= 0.6 is 15.9 Å². The summed E-state index contributed by atoms with van der Waals surface area (Å²) < 4.78 is 6.27. The molecule has 1 aromatic rings. The number of likely N-dealkylation sites (tertiary alicyclic amines) is 1. The number of aromatic nitrogens is 1. The third-order valence-corrected chi connectivity index (χ3v) is 5.22. The van der Waals surface area contributed by atoms with E-state index in [1.54, 1.807) is 17.2 Å². The second-order valence-electron chi connectivity index (χ2n) is 7.96. The number of carbonyl (C=O) groups is 1. The van der Waals surface area contributed by atoms with E-state index in [9.17, 15) is 10.1 Å². The standard InChI is InChI=1S/C18H23BrN4O2/c1-17(2,3)25-16(24)22-6-4-18(5-7-22)11-23(12-18)15-13(9-20)8-14(19)10-21-15/h8,10H,4-7,11-12H2,1-3H3. The lowest BCUT2D eigenvalue weighted by Gasteiger charge is -2.54. The van der Waals surface area contributed by atoms with Crippen LogP contribution in [0.3, 0.4) is 0 Å². The predicted octanol–water partition coefficient (Wildman–Crippen LogP) is 3.55. The molecular formula is C18H23BrN4O2. The third-order valence-electron chi connectivity index (χ3n) is 4.78. The number of piperidine rings is 1. The first-order chi connectivity index (χ1) is 11.7. The van der Waals surface area contributed by atoms with Gasteiger partial charge in [0.05, 0.1) is 5.56 Å². The average molecular weight is 407 g/mol. The molecule has 0 atom stereocenters. The molecule has 134 valence electrons. The van der Waals surface area contributed by atoms with Gasteiger partial charge in [0.25, 0.3) is 0 Å². The van der Waals surface area contributed by atoms with Crippen LogP contribution < -0.4 is 4.90 Å². The monoisotopic (exact) mass is 406 g/mol. The van der Waals surface area contributed by atoms with Gasteiger partial charge in [0.15, 0.2) is 0 Å². The van der Waals surface area contributed by atoms with Crippen molar-refractivity contribution in [1.82, 2.24) is 9.88 Å². The Balaban J connectivity index is 1.57. The summed E-state index contributed by atoms with van der Waals surface area (Å²) in [5.41, 5.74) is 0.357. The number of hydrogen-bond donors (Lipinski definition) is 0. The zero-order valence-corrected chi connectivity index (χ0v) is 16.5. The first-order valence-electron chi connectivity index (χ1n) is 8.50. The number of carbonyl (C=O) groups excluding carboxylic acids is 1. The minimum atomic E-state index is -0.458. The number of pyridine rings is 1. The van der Waals surface area contributed by atoms with Crippen molar-refractivity contribution in [3.05, 3.63) is 22.3 Å². The van der Waals surface area contributed by atoms with E-state index in [2.05, 4.69) is 31.9 Å². The van der Waals surface area contributed by atoms with Gasteiger partial charge < -0.3 is 14.5 Å². The highest BCUT2D eigenvalue weighted by Gasteiger charge is 2.46. The number of amides is 1. The fourth-order valence-electron chi connectivity index (χ4n) is 3.49. The molecule has 2 aliphatic rings. The maximum Gasteiger partial charge on any atom is 0.410 e. The Morgan fingerprint density at radius 1 is 1.36 bits per heavy atom. The molecule has 0 radical (unpaired) electrons. The molecule has 7 heteroatoms. The molecule has 3 heterocycles. The topological polar surface area (TPSA) is 69.5 Å². The van der Waals surface area contributed by atoms with Crippen molar-refractivity contribution in [2.45, 2.75) is 39.2 Å². The largest absolute Gasteiger partial charge is 0.444 e. The summed E-state index contributed by atoms with van der Waals surface area (Å²) in [6.07, 6.45) is 3.43. The summed E-state index contributed by atoms with van der Waals surface area (Å²) >= 11 is 3.36. The van der Waals surface area contributed by atoms with Crippen LogP contribution in [0.4, 0.5) is 10.6 Å². The quantitative estimate of drug-likeness (QED) is 0.712. The second kappa shape index (κ2) is 6.49. The van der Waals surface area contributed by atoms with Crippen LogP contribution in [0, 0.1) is 16.7 Å². The average Bonchev–Trinajstić information content (AvgIpc) is 2.51. The molecular weight excluding hydrogens is 384 g/mol. The van der Waals surface area contributed by atoms with Crippen LogP contribution in [-0.2, 0) is 4.74 Å². The SMILES string of the molecule is CC(C)(C)OC(=O)N1CCC2(CC1)CN(c1ncc(Br)cc1C#N)C2. The van der Waals surface area contributed by atoms with Crippen LogP contribution in [0.1, 0.15) is 39.2 Å². The number of hydrogen-bond acceptors (Lipinski definition) is 5. The molecule has 0 aromatic carbocycles. The van der Waals surface area contributed by atoms with Crippen LogP contribution in [0.2, 0.25) is 0 Å². The van der Waals surface area contributed by atoms with Crippen molar-refractivity contribution in [3.8, 4) is 6.07 Å². The highest BCUT2D eigenvalue weighted by atomic mass is 79.9. The molecule has 2 saturated heterocycles. The lowest BCUT2D eigenvalue weighted by Crippen LogP contribution is -2.61. The molecule has 0 saturated carbocycles. The fraction of sp³-hybridized carbons (Fsp3) is 0.611. The second-order valence-corrected chi connectivity index (χ2v) is 8.88. The van der Waals surface area contributed by atoms with E-state index in [1.165, 1.54) is 0 Å². The van der Waals surface area contributed by atoms with Gasteiger partial charge in [0.1, 0.15) is 17.5 Å². The number of anilines is 1. The van der Waals surface area contributed by atoms with Gasteiger partial charge >= 0.3 is 6.09 Å². The first-order valence-corrected chi connectivity index (χ1v) is 9.29. The molecule has 0 aliphatic carbocycles. The molecule has 1 aromatic heterocycles. The van der Waals surface area contributed by atoms with E-state index in [1.807, 2.05) is 20.8 Å². The summed E-state index contributed by atoms with van der Waals surface area (Å²) in [5.74, 6) is 0.755. The number of nitrogens with zero attached hydrogens (tertiary/aromatic N) is 4. The van der Waals surface area contributed by atoms with Crippen LogP contribution in [-0.4, -0.2) is 47.8 Å². The highest BCUT2D eigenvalue weighted by Crippen LogP contribution is 2.43. The van der Waals surface area contributed by atoms with Crippen LogP contribution in [0.25, 0.3) is 0 Å². The van der Waals surface area contributed by atoms with E-state index < -0.39 is 5.60 Å². The number of ether oxygens (including phenoxy) is 1. The van der Waals surface area contributed by atoms with Crippen molar-refractivity contribution in [3.63, 3.8) is 0 Å². The molecule has 25 heavy (non-hydrogen) atoms. The van der Waals surface area contributed by atoms with E-state index in [4.69, 9.17) is 4.74 Å². The summed E-state index contributed by atoms with van der Waals surface area (Å²) in [4.78, 5) is 20.5. The summed E-state index contributed by atoms with van der Waals surface area (Å²) in [5, 5.41) is 9.31. The molecule has 2 fully saturated rings. The Bertz CT molecular complexity index is 707. The molecule has 3 rings (SSSR count). The van der Waals surface area contributed by atoms with Crippen LogP contribution in [0.5, 0.6) is 0 Å². The van der Waals surface area contributed by atoms with Gasteiger partial charge in [0.2, 0.25) is 0 Å². The van der Waals surface area contributed by atoms with Crippen molar-refractivity contribution in [1.29, 1.82) is 5.26 Å².